The van der Waals surface area contributed by atoms with Gasteiger partial charge in [0.1, 0.15) is 0 Å². The van der Waals surface area contributed by atoms with Crippen molar-refractivity contribution in [3.8, 4) is 0 Å². The molecule has 90 valence electrons. The molecule has 1 N–H and O–H groups in total. The van der Waals surface area contributed by atoms with Gasteiger partial charge in [0.15, 0.2) is 0 Å². The average Bonchev–Trinajstić information content (AvgIpc) is 2.29. The minimum Gasteiger partial charge on any atom is -0.314 e. The molecule has 0 heterocycles. The van der Waals surface area contributed by atoms with Crippen LogP contribution in [-0.4, -0.2) is 24.1 Å². The first-order valence-corrected chi connectivity index (χ1v) is 7.82. The summed E-state index contributed by atoms with van der Waals surface area (Å²) < 4.78 is 0. The molecule has 3 unspecified atom stereocenters. The van der Waals surface area contributed by atoms with E-state index in [1.54, 1.807) is 0 Å². The van der Waals surface area contributed by atoms with E-state index in [0.717, 1.165) is 17.2 Å². The lowest BCUT2D eigenvalue weighted by Gasteiger charge is -2.32. The number of nitrogens with one attached hydrogen (secondary N) is 1. The second kappa shape index (κ2) is 7.56. The predicted molar refractivity (Wildman–Crippen MR) is 71.6 cm³/mol. The normalized spacial score (nSPS) is 29.0. The van der Waals surface area contributed by atoms with Crippen molar-refractivity contribution < 1.29 is 0 Å². The van der Waals surface area contributed by atoms with Gasteiger partial charge in [-0.1, -0.05) is 33.1 Å². The van der Waals surface area contributed by atoms with Crippen LogP contribution in [0.4, 0.5) is 0 Å². The first-order chi connectivity index (χ1) is 7.27. The Morgan fingerprint density at radius 1 is 1.33 bits per heavy atom. The van der Waals surface area contributed by atoms with Gasteiger partial charge in [-0.15, -0.1) is 0 Å². The maximum Gasteiger partial charge on any atom is 0.00952 e. The summed E-state index contributed by atoms with van der Waals surface area (Å²) in [6.45, 7) is 5.88. The highest BCUT2D eigenvalue weighted by atomic mass is 32.2. The maximum atomic E-state index is 3.77. The van der Waals surface area contributed by atoms with Crippen LogP contribution in [0.5, 0.6) is 0 Å². The highest BCUT2D eigenvalue weighted by Gasteiger charge is 2.22. The van der Waals surface area contributed by atoms with Crippen LogP contribution in [0.15, 0.2) is 0 Å². The van der Waals surface area contributed by atoms with Crippen LogP contribution in [0.25, 0.3) is 0 Å². The summed E-state index contributed by atoms with van der Waals surface area (Å²) in [7, 11) is 0. The van der Waals surface area contributed by atoms with Gasteiger partial charge in [0.25, 0.3) is 0 Å². The van der Waals surface area contributed by atoms with Crippen molar-refractivity contribution in [2.24, 2.45) is 5.92 Å². The molecule has 0 radical (unpaired) electrons. The molecule has 15 heavy (non-hydrogen) atoms. The Kier molecular flexibility index (Phi) is 6.74. The first kappa shape index (κ1) is 13.4. The molecule has 1 rings (SSSR count). The predicted octanol–water partition coefficient (Wildman–Crippen LogP) is 3.69. The number of hydrogen-bond acceptors (Lipinski definition) is 2. The Labute approximate surface area is 99.8 Å². The van der Waals surface area contributed by atoms with Crippen LogP contribution in [0.3, 0.4) is 0 Å². The van der Waals surface area contributed by atoms with E-state index in [4.69, 9.17) is 0 Å². The second-order valence-electron chi connectivity index (χ2n) is 4.85. The molecule has 0 bridgehead atoms. The summed E-state index contributed by atoms with van der Waals surface area (Å²) in [6.07, 6.45) is 10.6. The molecule has 2 heteroatoms. The molecule has 1 saturated carbocycles. The Morgan fingerprint density at radius 2 is 2.07 bits per heavy atom. The van der Waals surface area contributed by atoms with Crippen LogP contribution < -0.4 is 5.32 Å². The van der Waals surface area contributed by atoms with Gasteiger partial charge in [-0.05, 0) is 38.0 Å². The lowest BCUT2D eigenvalue weighted by molar-refractivity contribution is 0.255. The lowest BCUT2D eigenvalue weighted by atomic mass is 9.83. The van der Waals surface area contributed by atoms with E-state index in [9.17, 15) is 0 Å². The van der Waals surface area contributed by atoms with Gasteiger partial charge in [-0.25, -0.2) is 0 Å². The van der Waals surface area contributed by atoms with Crippen LogP contribution in [0.1, 0.15) is 52.4 Å². The number of hydrogen-bond donors (Lipinski definition) is 1. The van der Waals surface area contributed by atoms with Gasteiger partial charge in [0, 0.05) is 11.3 Å². The third-order valence-electron chi connectivity index (χ3n) is 3.79. The molecule has 0 aromatic heterocycles. The van der Waals surface area contributed by atoms with Crippen molar-refractivity contribution in [2.45, 2.75) is 63.7 Å². The zero-order chi connectivity index (χ0) is 11.1. The second-order valence-corrected chi connectivity index (χ2v) is 6.12. The minimum atomic E-state index is 0.807. The maximum absolute atomic E-state index is 3.77. The molecule has 3 atom stereocenters. The van der Waals surface area contributed by atoms with Crippen molar-refractivity contribution in [1.29, 1.82) is 0 Å². The van der Waals surface area contributed by atoms with Crippen molar-refractivity contribution in [1.82, 2.24) is 5.32 Å². The van der Waals surface area contributed by atoms with E-state index >= 15 is 0 Å². The van der Waals surface area contributed by atoms with Crippen LogP contribution in [0.2, 0.25) is 0 Å². The van der Waals surface area contributed by atoms with Gasteiger partial charge < -0.3 is 5.32 Å². The molecule has 0 aromatic carbocycles. The van der Waals surface area contributed by atoms with Crippen molar-refractivity contribution >= 4 is 11.8 Å². The summed E-state index contributed by atoms with van der Waals surface area (Å²) in [5, 5.41) is 4.58. The van der Waals surface area contributed by atoms with Gasteiger partial charge >= 0.3 is 0 Å². The smallest absolute Gasteiger partial charge is 0.00952 e. The Bertz CT molecular complexity index is 161. The zero-order valence-corrected chi connectivity index (χ0v) is 11.4. The first-order valence-electron chi connectivity index (χ1n) is 6.54. The zero-order valence-electron chi connectivity index (χ0n) is 10.6. The van der Waals surface area contributed by atoms with Crippen molar-refractivity contribution in [2.75, 3.05) is 12.8 Å². The molecule has 1 aliphatic carbocycles. The lowest BCUT2D eigenvalue weighted by Crippen LogP contribution is -2.39. The Hall–Kier alpha value is 0.310. The third-order valence-corrected chi connectivity index (χ3v) is 4.83. The molecule has 1 nitrogen and oxygen atoms in total. The third kappa shape index (κ3) is 4.78. The summed E-state index contributed by atoms with van der Waals surface area (Å²) in [4.78, 5) is 0. The molecule has 0 spiro atoms. The number of thioether (sulfide) groups is 1. The van der Waals surface area contributed by atoms with Crippen molar-refractivity contribution in [3.63, 3.8) is 0 Å². The number of rotatable bonds is 6. The SMILES string of the molecule is CCC1CCCCC1NCCC(C)SC. The fourth-order valence-electron chi connectivity index (χ4n) is 2.55. The van der Waals surface area contributed by atoms with E-state index in [2.05, 4.69) is 25.4 Å². The van der Waals surface area contributed by atoms with Gasteiger partial charge in [-0.3, -0.25) is 0 Å². The highest BCUT2D eigenvalue weighted by Crippen LogP contribution is 2.26. The minimum absolute atomic E-state index is 0.807. The molecule has 1 fully saturated rings. The van der Waals surface area contributed by atoms with E-state index in [1.807, 2.05) is 11.8 Å². The summed E-state index contributed by atoms with van der Waals surface area (Å²) in [6, 6.07) is 0.817. The van der Waals surface area contributed by atoms with Crippen LogP contribution in [0, 0.1) is 5.92 Å². The van der Waals surface area contributed by atoms with Gasteiger partial charge in [0.05, 0.1) is 0 Å². The van der Waals surface area contributed by atoms with E-state index in [0.29, 0.717) is 0 Å². The van der Waals surface area contributed by atoms with Gasteiger partial charge in [-0.2, -0.15) is 11.8 Å². The van der Waals surface area contributed by atoms with E-state index < -0.39 is 0 Å². The summed E-state index contributed by atoms with van der Waals surface area (Å²) in [5.41, 5.74) is 0. The molecular formula is C13H27NS. The molecule has 0 saturated heterocycles. The Balaban J connectivity index is 2.17. The fraction of sp³-hybridized carbons (Fsp3) is 1.00. The average molecular weight is 229 g/mol. The van der Waals surface area contributed by atoms with Crippen molar-refractivity contribution in [3.05, 3.63) is 0 Å². The standard InChI is InChI=1S/C13H27NS/c1-4-12-7-5-6-8-13(12)14-10-9-11(2)15-3/h11-14H,4-10H2,1-3H3. The van der Waals surface area contributed by atoms with E-state index in [1.165, 1.54) is 45.1 Å². The largest absolute Gasteiger partial charge is 0.314 e. The highest BCUT2D eigenvalue weighted by molar-refractivity contribution is 7.99. The monoisotopic (exact) mass is 229 g/mol. The van der Waals surface area contributed by atoms with E-state index in [-0.39, 0.29) is 0 Å². The summed E-state index contributed by atoms with van der Waals surface area (Å²) in [5.74, 6) is 0.948. The molecule has 0 amide bonds. The molecular weight excluding hydrogens is 202 g/mol. The van der Waals surface area contributed by atoms with Crippen LogP contribution >= 0.6 is 11.8 Å². The molecule has 0 aliphatic heterocycles. The van der Waals surface area contributed by atoms with Crippen LogP contribution in [-0.2, 0) is 0 Å². The summed E-state index contributed by atoms with van der Waals surface area (Å²) >= 11 is 1.98. The fourth-order valence-corrected chi connectivity index (χ4v) is 2.91. The topological polar surface area (TPSA) is 12.0 Å². The quantitative estimate of drug-likeness (QED) is 0.745. The molecule has 0 aromatic rings. The van der Waals surface area contributed by atoms with Gasteiger partial charge in [0.2, 0.25) is 0 Å². The molecule has 1 aliphatic rings. The Morgan fingerprint density at radius 3 is 2.73 bits per heavy atom.